The Labute approximate surface area is 152 Å². The van der Waals surface area contributed by atoms with Gasteiger partial charge in [-0.2, -0.15) is 0 Å². The van der Waals surface area contributed by atoms with Crippen LogP contribution in [0.5, 0.6) is 0 Å². The Morgan fingerprint density at radius 2 is 1.88 bits per heavy atom. The molecule has 0 spiro atoms. The second kappa shape index (κ2) is 6.64. The van der Waals surface area contributed by atoms with E-state index in [-0.39, 0.29) is 0 Å². The molecule has 1 aromatic carbocycles. The highest BCUT2D eigenvalue weighted by atomic mass is 15.3. The normalized spacial score (nSPS) is 18.2. The van der Waals surface area contributed by atoms with Crippen LogP contribution < -0.4 is 4.90 Å². The van der Waals surface area contributed by atoms with Gasteiger partial charge in [0.1, 0.15) is 18.0 Å². The molecule has 0 atom stereocenters. The molecule has 134 valence electrons. The molecule has 1 saturated heterocycles. The van der Waals surface area contributed by atoms with E-state index in [9.17, 15) is 0 Å². The molecule has 4 heterocycles. The lowest BCUT2D eigenvalue weighted by molar-refractivity contribution is 0.239. The summed E-state index contributed by atoms with van der Waals surface area (Å²) in [4.78, 5) is 13.4. The van der Waals surface area contributed by atoms with Crippen molar-refractivity contribution in [1.82, 2.24) is 29.6 Å². The van der Waals surface area contributed by atoms with Gasteiger partial charge in [0, 0.05) is 56.4 Å². The first-order valence-corrected chi connectivity index (χ1v) is 9.45. The number of piperazine rings is 1. The summed E-state index contributed by atoms with van der Waals surface area (Å²) in [7, 11) is 0. The molecule has 7 heteroatoms. The average molecular weight is 349 g/mol. The summed E-state index contributed by atoms with van der Waals surface area (Å²) < 4.78 is 2.33. The topological polar surface area (TPSA) is 63.0 Å². The number of rotatable bonds is 3. The van der Waals surface area contributed by atoms with Crippen molar-refractivity contribution in [2.45, 2.75) is 32.4 Å². The second-order valence-electron chi connectivity index (χ2n) is 7.17. The second-order valence-corrected chi connectivity index (χ2v) is 7.17. The summed E-state index contributed by atoms with van der Waals surface area (Å²) in [6.45, 7) is 6.14. The number of nitrogens with zero attached hydrogens (tertiary/aromatic N) is 7. The minimum atomic E-state index is 0.909. The molecule has 0 saturated carbocycles. The van der Waals surface area contributed by atoms with E-state index >= 15 is 0 Å². The fraction of sp³-hybridized carbons (Fsp3) is 0.474. The minimum Gasteiger partial charge on any atom is -0.369 e. The Morgan fingerprint density at radius 3 is 2.81 bits per heavy atom. The molecule has 2 aliphatic heterocycles. The molecule has 0 aliphatic carbocycles. The average Bonchev–Trinajstić information content (AvgIpc) is 3.11. The van der Waals surface area contributed by atoms with Crippen LogP contribution in [-0.2, 0) is 19.5 Å². The van der Waals surface area contributed by atoms with Gasteiger partial charge in [-0.25, -0.2) is 9.97 Å². The van der Waals surface area contributed by atoms with E-state index in [0.717, 1.165) is 62.4 Å². The maximum Gasteiger partial charge on any atom is 0.147 e. The maximum absolute atomic E-state index is 4.45. The van der Waals surface area contributed by atoms with Gasteiger partial charge in [0.15, 0.2) is 0 Å². The van der Waals surface area contributed by atoms with Crippen LogP contribution in [0, 0.1) is 0 Å². The van der Waals surface area contributed by atoms with Crippen LogP contribution in [0.2, 0.25) is 0 Å². The van der Waals surface area contributed by atoms with Gasteiger partial charge in [0.05, 0.1) is 12.1 Å². The summed E-state index contributed by atoms with van der Waals surface area (Å²) >= 11 is 0. The van der Waals surface area contributed by atoms with Crippen molar-refractivity contribution in [3.63, 3.8) is 0 Å². The third-order valence-corrected chi connectivity index (χ3v) is 5.53. The summed E-state index contributed by atoms with van der Waals surface area (Å²) in [6, 6.07) is 6.45. The number of benzene rings is 1. The van der Waals surface area contributed by atoms with Gasteiger partial charge in [-0.15, -0.1) is 10.2 Å². The minimum absolute atomic E-state index is 0.909. The zero-order valence-electron chi connectivity index (χ0n) is 14.9. The van der Waals surface area contributed by atoms with Gasteiger partial charge >= 0.3 is 0 Å². The molecule has 3 aromatic rings. The van der Waals surface area contributed by atoms with E-state index in [1.807, 2.05) is 6.20 Å². The quantitative estimate of drug-likeness (QED) is 0.719. The molecular formula is C19H23N7. The number of fused-ring (bicyclic) bond motifs is 2. The van der Waals surface area contributed by atoms with Gasteiger partial charge < -0.3 is 9.47 Å². The molecule has 26 heavy (non-hydrogen) atoms. The van der Waals surface area contributed by atoms with Crippen LogP contribution in [0.25, 0.3) is 10.9 Å². The van der Waals surface area contributed by atoms with Crippen molar-refractivity contribution in [1.29, 1.82) is 0 Å². The van der Waals surface area contributed by atoms with Gasteiger partial charge in [-0.3, -0.25) is 4.90 Å². The Kier molecular flexibility index (Phi) is 4.01. The molecule has 5 rings (SSSR count). The smallest absolute Gasteiger partial charge is 0.147 e. The predicted octanol–water partition coefficient (Wildman–Crippen LogP) is 1.88. The Morgan fingerprint density at radius 1 is 0.962 bits per heavy atom. The Hall–Kier alpha value is -2.54. The van der Waals surface area contributed by atoms with Crippen molar-refractivity contribution in [3.8, 4) is 0 Å². The largest absolute Gasteiger partial charge is 0.369 e. The molecule has 0 amide bonds. The zero-order valence-corrected chi connectivity index (χ0v) is 14.9. The molecule has 1 fully saturated rings. The van der Waals surface area contributed by atoms with Gasteiger partial charge in [0.2, 0.25) is 0 Å². The van der Waals surface area contributed by atoms with E-state index in [0.29, 0.717) is 0 Å². The first-order valence-electron chi connectivity index (χ1n) is 9.45. The zero-order chi connectivity index (χ0) is 17.3. The van der Waals surface area contributed by atoms with E-state index in [1.165, 1.54) is 24.4 Å². The van der Waals surface area contributed by atoms with E-state index in [4.69, 9.17) is 0 Å². The van der Waals surface area contributed by atoms with Crippen molar-refractivity contribution in [2.24, 2.45) is 0 Å². The molecule has 0 unspecified atom stereocenters. The number of hydrogen-bond acceptors (Lipinski definition) is 6. The molecule has 2 aromatic heterocycles. The van der Waals surface area contributed by atoms with Crippen LogP contribution in [0.3, 0.4) is 0 Å². The number of aryl methyl sites for hydroxylation is 1. The predicted molar refractivity (Wildman–Crippen MR) is 100.0 cm³/mol. The Balaban J connectivity index is 1.25. The lowest BCUT2D eigenvalue weighted by Crippen LogP contribution is -2.46. The van der Waals surface area contributed by atoms with E-state index in [1.54, 1.807) is 6.33 Å². The van der Waals surface area contributed by atoms with Crippen LogP contribution in [0.1, 0.15) is 24.5 Å². The molecule has 0 N–H and O–H groups in total. The lowest BCUT2D eigenvalue weighted by Gasteiger charge is -2.36. The van der Waals surface area contributed by atoms with Crippen LogP contribution in [0.15, 0.2) is 30.7 Å². The van der Waals surface area contributed by atoms with Crippen LogP contribution >= 0.6 is 0 Å². The summed E-state index contributed by atoms with van der Waals surface area (Å²) in [5, 5.41) is 9.92. The van der Waals surface area contributed by atoms with Crippen LogP contribution in [-0.4, -0.2) is 55.8 Å². The van der Waals surface area contributed by atoms with Crippen molar-refractivity contribution < 1.29 is 0 Å². The van der Waals surface area contributed by atoms with E-state index < -0.39 is 0 Å². The molecule has 7 nitrogen and oxygen atoms in total. The monoisotopic (exact) mass is 349 g/mol. The fourth-order valence-corrected chi connectivity index (χ4v) is 4.02. The lowest BCUT2D eigenvalue weighted by atomic mass is 10.1. The SMILES string of the molecule is c1ncc2cc(N3CCN(Cc4nnc5n4CCCC5)CC3)ccc2n1. The third-order valence-electron chi connectivity index (χ3n) is 5.53. The molecule has 2 aliphatic rings. The fourth-order valence-electron chi connectivity index (χ4n) is 4.02. The number of hydrogen-bond donors (Lipinski definition) is 0. The standard InChI is InChI=1S/C19H23N7/c1-2-6-26-18(3-1)22-23-19(26)13-24-7-9-25(10-8-24)16-4-5-17-15(11-16)12-20-14-21-17/h4-5,11-12,14H,1-3,6-10,13H2. The van der Waals surface area contributed by atoms with Gasteiger partial charge in [0.25, 0.3) is 0 Å². The van der Waals surface area contributed by atoms with Gasteiger partial charge in [-0.1, -0.05) is 0 Å². The van der Waals surface area contributed by atoms with Crippen molar-refractivity contribution >= 4 is 16.6 Å². The first kappa shape index (κ1) is 15.7. The number of anilines is 1. The molecule has 0 radical (unpaired) electrons. The maximum atomic E-state index is 4.45. The number of aromatic nitrogens is 5. The first-order chi connectivity index (χ1) is 12.9. The van der Waals surface area contributed by atoms with Crippen LogP contribution in [0.4, 0.5) is 5.69 Å². The third kappa shape index (κ3) is 2.92. The molecular weight excluding hydrogens is 326 g/mol. The Bertz CT molecular complexity index is 911. The summed E-state index contributed by atoms with van der Waals surface area (Å²) in [6.07, 6.45) is 7.05. The highest BCUT2D eigenvalue weighted by Crippen LogP contribution is 2.22. The summed E-state index contributed by atoms with van der Waals surface area (Å²) in [5.41, 5.74) is 2.26. The highest BCUT2D eigenvalue weighted by Gasteiger charge is 2.21. The van der Waals surface area contributed by atoms with Crippen molar-refractivity contribution in [3.05, 3.63) is 42.4 Å². The van der Waals surface area contributed by atoms with E-state index in [2.05, 4.69) is 52.7 Å². The highest BCUT2D eigenvalue weighted by molar-refractivity contribution is 5.81. The van der Waals surface area contributed by atoms with Crippen molar-refractivity contribution in [2.75, 3.05) is 31.1 Å². The summed E-state index contributed by atoms with van der Waals surface area (Å²) in [5.74, 6) is 2.30. The molecule has 0 bridgehead atoms. The van der Waals surface area contributed by atoms with Gasteiger partial charge in [-0.05, 0) is 31.0 Å².